The van der Waals surface area contributed by atoms with Gasteiger partial charge in [0.15, 0.2) is 0 Å². The molecule has 0 spiro atoms. The molecule has 0 bridgehead atoms. The molecular weight excluding hydrogens is 334 g/mol. The van der Waals surface area contributed by atoms with E-state index in [0.29, 0.717) is 23.7 Å². The van der Waals surface area contributed by atoms with Crippen LogP contribution in [0.4, 0.5) is 0 Å². The Kier molecular flexibility index (Phi) is 6.63. The van der Waals surface area contributed by atoms with Gasteiger partial charge in [-0.15, -0.1) is 0 Å². The second kappa shape index (κ2) is 9.14. The fraction of sp³-hybridized carbons (Fsp3) is 0.200. The lowest BCUT2D eigenvalue weighted by Gasteiger charge is -2.12. The summed E-state index contributed by atoms with van der Waals surface area (Å²) in [6.07, 6.45) is 1.19. The maximum atomic E-state index is 11.7. The minimum absolute atomic E-state index is 0.0525. The monoisotopic (exact) mass is 353 g/mol. The van der Waals surface area contributed by atoms with E-state index in [1.807, 2.05) is 19.1 Å². The van der Waals surface area contributed by atoms with E-state index < -0.39 is 5.97 Å². The van der Waals surface area contributed by atoms with Crippen molar-refractivity contribution in [3.05, 3.63) is 71.2 Å². The summed E-state index contributed by atoms with van der Waals surface area (Å²) >= 11 is 0. The Labute approximate surface area is 152 Å². The average Bonchev–Trinajstić information content (AvgIpc) is 2.67. The number of hydrogen-bond donors (Lipinski definition) is 0. The molecule has 0 aliphatic rings. The zero-order chi connectivity index (χ0) is 18.9. The minimum atomic E-state index is -0.634. The molecular formula is C20H19NO5. The highest BCUT2D eigenvalue weighted by atomic mass is 16.6. The summed E-state index contributed by atoms with van der Waals surface area (Å²) in [4.78, 5) is 11.7. The van der Waals surface area contributed by atoms with E-state index in [2.05, 4.69) is 10.8 Å². The first-order chi connectivity index (χ1) is 12.6. The first-order valence-corrected chi connectivity index (χ1v) is 7.79. The third-order valence-electron chi connectivity index (χ3n) is 3.47. The molecule has 0 saturated heterocycles. The van der Waals surface area contributed by atoms with Gasteiger partial charge in [-0.1, -0.05) is 12.1 Å². The zero-order valence-corrected chi connectivity index (χ0v) is 14.8. The summed E-state index contributed by atoms with van der Waals surface area (Å²) in [7, 11) is 2.69. The molecule has 0 radical (unpaired) electrons. The molecule has 0 aromatic heterocycles. The van der Waals surface area contributed by atoms with Crippen LogP contribution in [0.15, 0.2) is 54.5 Å². The number of ether oxygens (including phenoxy) is 4. The highest BCUT2D eigenvalue weighted by molar-refractivity contribution is 5.86. The Morgan fingerprint density at radius 3 is 2.50 bits per heavy atom. The lowest BCUT2D eigenvalue weighted by molar-refractivity contribution is -0.138. The van der Waals surface area contributed by atoms with Gasteiger partial charge in [-0.05, 0) is 48.4 Å². The molecule has 2 aromatic rings. The molecule has 0 aliphatic heterocycles. The van der Waals surface area contributed by atoms with Gasteiger partial charge in [-0.25, -0.2) is 4.79 Å². The summed E-state index contributed by atoms with van der Waals surface area (Å²) < 4.78 is 20.9. The van der Waals surface area contributed by atoms with Crippen molar-refractivity contribution in [2.24, 2.45) is 0 Å². The molecule has 0 unspecified atom stereocenters. The maximum absolute atomic E-state index is 11.7. The van der Waals surface area contributed by atoms with Gasteiger partial charge >= 0.3 is 5.97 Å². The molecule has 2 rings (SSSR count). The first kappa shape index (κ1) is 18.9. The van der Waals surface area contributed by atoms with Crippen LogP contribution in [-0.2, 0) is 20.9 Å². The van der Waals surface area contributed by atoms with Gasteiger partial charge in [0, 0.05) is 0 Å². The number of carbonyl (C=O) groups excluding carboxylic acids is 1. The number of hydrogen-bond acceptors (Lipinski definition) is 6. The number of benzene rings is 2. The van der Waals surface area contributed by atoms with Crippen LogP contribution in [0.25, 0.3) is 0 Å². The lowest BCUT2D eigenvalue weighted by atomic mass is 10.1. The average molecular weight is 353 g/mol. The van der Waals surface area contributed by atoms with Crippen LogP contribution in [0, 0.1) is 18.3 Å². The van der Waals surface area contributed by atoms with Gasteiger partial charge in [0.25, 0.3) is 0 Å². The molecule has 0 amide bonds. The fourth-order valence-corrected chi connectivity index (χ4v) is 2.08. The van der Waals surface area contributed by atoms with Crippen LogP contribution < -0.4 is 9.47 Å². The normalized spacial score (nSPS) is 10.6. The Hall–Kier alpha value is -3.46. The van der Waals surface area contributed by atoms with Crippen molar-refractivity contribution in [3.63, 3.8) is 0 Å². The number of nitriles is 1. The summed E-state index contributed by atoms with van der Waals surface area (Å²) in [5.41, 5.74) is 2.28. The SMILES string of the molecule is CO/C=C(\Oc1cc(COc2ccc(C#N)cc2)ccc1C)C(=O)OC. The Bertz CT molecular complexity index is 834. The van der Waals surface area contributed by atoms with E-state index >= 15 is 0 Å². The van der Waals surface area contributed by atoms with E-state index in [-0.39, 0.29) is 5.76 Å². The van der Waals surface area contributed by atoms with Gasteiger partial charge in [-0.2, -0.15) is 5.26 Å². The predicted octanol–water partition coefficient (Wildman–Crippen LogP) is 3.49. The van der Waals surface area contributed by atoms with Crippen molar-refractivity contribution in [2.75, 3.05) is 14.2 Å². The molecule has 2 aromatic carbocycles. The molecule has 0 fully saturated rings. The van der Waals surface area contributed by atoms with Crippen molar-refractivity contribution in [1.82, 2.24) is 0 Å². The van der Waals surface area contributed by atoms with Crippen molar-refractivity contribution in [2.45, 2.75) is 13.5 Å². The van der Waals surface area contributed by atoms with E-state index in [1.165, 1.54) is 20.5 Å². The van der Waals surface area contributed by atoms with Gasteiger partial charge in [-0.3, -0.25) is 0 Å². The topological polar surface area (TPSA) is 77.8 Å². The smallest absolute Gasteiger partial charge is 0.377 e. The van der Waals surface area contributed by atoms with Crippen molar-refractivity contribution in [1.29, 1.82) is 5.26 Å². The first-order valence-electron chi connectivity index (χ1n) is 7.79. The Morgan fingerprint density at radius 1 is 1.15 bits per heavy atom. The van der Waals surface area contributed by atoms with E-state index in [9.17, 15) is 4.79 Å². The molecule has 6 heteroatoms. The molecule has 0 aliphatic carbocycles. The van der Waals surface area contributed by atoms with Crippen LogP contribution in [0.2, 0.25) is 0 Å². The second-order valence-corrected chi connectivity index (χ2v) is 5.34. The molecule has 0 saturated carbocycles. The zero-order valence-electron chi connectivity index (χ0n) is 14.8. The van der Waals surface area contributed by atoms with Crippen LogP contribution in [0.1, 0.15) is 16.7 Å². The number of rotatable bonds is 7. The van der Waals surface area contributed by atoms with Gasteiger partial charge in [0.05, 0.1) is 25.9 Å². The molecule has 134 valence electrons. The molecule has 0 heterocycles. The summed E-state index contributed by atoms with van der Waals surface area (Å²) in [6, 6.07) is 14.5. The lowest BCUT2D eigenvalue weighted by Crippen LogP contribution is -2.12. The van der Waals surface area contributed by atoms with Crippen LogP contribution >= 0.6 is 0 Å². The number of aryl methyl sites for hydroxylation is 1. The van der Waals surface area contributed by atoms with Gasteiger partial charge < -0.3 is 18.9 Å². The summed E-state index contributed by atoms with van der Waals surface area (Å²) in [5, 5.41) is 8.81. The summed E-state index contributed by atoms with van der Waals surface area (Å²) in [6.45, 7) is 2.17. The highest BCUT2D eigenvalue weighted by Crippen LogP contribution is 2.23. The predicted molar refractivity (Wildman–Crippen MR) is 94.4 cm³/mol. The Balaban J connectivity index is 2.11. The quantitative estimate of drug-likeness (QED) is 0.431. The largest absolute Gasteiger partial charge is 0.500 e. The molecule has 6 nitrogen and oxygen atoms in total. The van der Waals surface area contributed by atoms with Gasteiger partial charge in [0.2, 0.25) is 5.76 Å². The van der Waals surface area contributed by atoms with Gasteiger partial charge in [0.1, 0.15) is 24.4 Å². The van der Waals surface area contributed by atoms with E-state index in [0.717, 1.165) is 11.1 Å². The fourth-order valence-electron chi connectivity index (χ4n) is 2.08. The van der Waals surface area contributed by atoms with Crippen LogP contribution in [0.3, 0.4) is 0 Å². The number of carbonyl (C=O) groups is 1. The maximum Gasteiger partial charge on any atom is 0.377 e. The number of nitrogens with zero attached hydrogens (tertiary/aromatic N) is 1. The van der Waals surface area contributed by atoms with Crippen LogP contribution in [0.5, 0.6) is 11.5 Å². The molecule has 26 heavy (non-hydrogen) atoms. The van der Waals surface area contributed by atoms with Crippen molar-refractivity contribution < 1.29 is 23.7 Å². The number of esters is 1. The number of methoxy groups -OCH3 is 2. The standard InChI is InChI=1S/C20H19NO5/c1-14-4-5-16(12-25-17-8-6-15(11-21)7-9-17)10-18(14)26-19(13-23-2)20(22)24-3/h4-10,13H,12H2,1-3H3/b19-13-. The van der Waals surface area contributed by atoms with Crippen molar-refractivity contribution >= 4 is 5.97 Å². The third-order valence-corrected chi connectivity index (χ3v) is 3.47. The Morgan fingerprint density at radius 2 is 1.88 bits per heavy atom. The highest BCUT2D eigenvalue weighted by Gasteiger charge is 2.15. The minimum Gasteiger partial charge on any atom is -0.500 e. The second-order valence-electron chi connectivity index (χ2n) is 5.34. The molecule has 0 atom stereocenters. The van der Waals surface area contributed by atoms with Crippen LogP contribution in [-0.4, -0.2) is 20.2 Å². The van der Waals surface area contributed by atoms with E-state index in [1.54, 1.807) is 30.3 Å². The molecule has 0 N–H and O–H groups in total. The summed E-state index contributed by atoms with van der Waals surface area (Å²) in [5.74, 6) is 0.468. The third kappa shape index (κ3) is 5.02. The van der Waals surface area contributed by atoms with Crippen molar-refractivity contribution in [3.8, 4) is 17.6 Å². The van der Waals surface area contributed by atoms with E-state index in [4.69, 9.17) is 19.5 Å².